The molecule has 0 aliphatic carbocycles. The maximum absolute atomic E-state index is 10.8. The minimum absolute atomic E-state index is 0.0278. The molecule has 0 aromatic heterocycles. The monoisotopic (exact) mass is 156 g/mol. The number of hydrogen-bond acceptors (Lipinski definition) is 0. The molecule has 0 aliphatic heterocycles. The predicted molar refractivity (Wildman–Crippen MR) is 36.9 cm³/mol. The second kappa shape index (κ2) is 8.85. The molecule has 0 heterocycles. The molecule has 0 unspecified atom stereocenters. The van der Waals surface area contributed by atoms with Crippen molar-refractivity contribution < 1.29 is 17.3 Å². The van der Waals surface area contributed by atoms with Gasteiger partial charge in [0.15, 0.2) is 0 Å². The molecule has 0 N–H and O–H groups in total. The molecule has 0 saturated carbocycles. The maximum atomic E-state index is 10.8. The summed E-state index contributed by atoms with van der Waals surface area (Å²) < 4.78 is 43.1. The minimum atomic E-state index is -2.12. The van der Waals surface area contributed by atoms with E-state index in [-0.39, 0.29) is 12.6 Å². The van der Waals surface area contributed by atoms with Crippen molar-refractivity contribution in [1.29, 1.82) is 0 Å². The zero-order valence-corrected chi connectivity index (χ0v) is 6.08. The standard InChI is InChI=1S/2C2H5BF2/c2*1-2-3(4)5/h2*2H2,1H3. The molecule has 60 valence electrons. The Bertz CT molecular complexity index is 51.2. The van der Waals surface area contributed by atoms with Crippen LogP contribution >= 0.6 is 0 Å². The lowest BCUT2D eigenvalue weighted by Gasteiger charge is -1.73. The Morgan fingerprint density at radius 2 is 0.900 bits per heavy atom. The summed E-state index contributed by atoms with van der Waals surface area (Å²) in [6.07, 6.45) is -0.0556. The molecule has 0 nitrogen and oxygen atoms in total. The van der Waals surface area contributed by atoms with E-state index < -0.39 is 14.5 Å². The molecule has 0 aliphatic rings. The largest absolute Gasteiger partial charge is 0.537 e. The summed E-state index contributed by atoms with van der Waals surface area (Å²) in [4.78, 5) is 0. The van der Waals surface area contributed by atoms with Gasteiger partial charge >= 0.3 is 14.5 Å². The topological polar surface area (TPSA) is 0 Å². The van der Waals surface area contributed by atoms with Crippen molar-refractivity contribution in [2.75, 3.05) is 0 Å². The van der Waals surface area contributed by atoms with Gasteiger partial charge in [0.25, 0.3) is 0 Å². The van der Waals surface area contributed by atoms with Crippen LogP contribution in [0.2, 0.25) is 12.6 Å². The van der Waals surface area contributed by atoms with Gasteiger partial charge in [-0.15, -0.1) is 0 Å². The third-order valence-electron chi connectivity index (χ3n) is 0.617. The third-order valence-corrected chi connectivity index (χ3v) is 0.617. The smallest absolute Gasteiger partial charge is 0.287 e. The van der Waals surface area contributed by atoms with Gasteiger partial charge in [-0.3, -0.25) is 17.3 Å². The predicted octanol–water partition coefficient (Wildman–Crippen LogP) is 2.87. The second-order valence-corrected chi connectivity index (χ2v) is 1.60. The Morgan fingerprint density at radius 3 is 0.900 bits per heavy atom. The first-order chi connectivity index (χ1) is 4.54. The summed E-state index contributed by atoms with van der Waals surface area (Å²) in [6, 6.07) is 0. The lowest BCUT2D eigenvalue weighted by atomic mass is 9.95. The van der Waals surface area contributed by atoms with Crippen LogP contribution in [0.4, 0.5) is 17.3 Å². The first kappa shape index (κ1) is 12.5. The average molecular weight is 156 g/mol. The van der Waals surface area contributed by atoms with E-state index in [1.807, 2.05) is 0 Å². The Labute approximate surface area is 59.3 Å². The van der Waals surface area contributed by atoms with Crippen molar-refractivity contribution >= 4 is 14.5 Å². The van der Waals surface area contributed by atoms with Gasteiger partial charge in [-0.2, -0.15) is 0 Å². The quantitative estimate of drug-likeness (QED) is 0.425. The average Bonchev–Trinajstić information content (AvgIpc) is 1.89. The lowest BCUT2D eigenvalue weighted by molar-refractivity contribution is 0.656. The Hall–Kier alpha value is -0.150. The molecule has 0 rings (SSSR count). The summed E-state index contributed by atoms with van der Waals surface area (Å²) in [5, 5.41) is 0. The Morgan fingerprint density at radius 1 is 0.800 bits per heavy atom. The highest BCUT2D eigenvalue weighted by Crippen LogP contribution is 1.90. The van der Waals surface area contributed by atoms with Crippen LogP contribution in [0.5, 0.6) is 0 Å². The summed E-state index contributed by atoms with van der Waals surface area (Å²) in [7, 11) is -4.23. The van der Waals surface area contributed by atoms with Crippen LogP contribution in [0.3, 0.4) is 0 Å². The molecule has 6 heteroatoms. The zero-order chi connectivity index (χ0) is 8.57. The van der Waals surface area contributed by atoms with E-state index in [1.54, 1.807) is 0 Å². The van der Waals surface area contributed by atoms with E-state index >= 15 is 0 Å². The first-order valence-corrected chi connectivity index (χ1v) is 3.10. The lowest BCUT2D eigenvalue weighted by Crippen LogP contribution is -1.88. The minimum Gasteiger partial charge on any atom is -0.287 e. The van der Waals surface area contributed by atoms with Crippen LogP contribution in [0.1, 0.15) is 13.8 Å². The highest BCUT2D eigenvalue weighted by Gasteiger charge is 2.04. The van der Waals surface area contributed by atoms with E-state index in [9.17, 15) is 17.3 Å². The Kier molecular flexibility index (Phi) is 11.1. The van der Waals surface area contributed by atoms with Crippen LogP contribution in [-0.4, -0.2) is 14.5 Å². The molecule has 0 fully saturated rings. The summed E-state index contributed by atoms with van der Waals surface area (Å²) >= 11 is 0. The zero-order valence-electron chi connectivity index (χ0n) is 6.08. The van der Waals surface area contributed by atoms with Crippen LogP contribution in [-0.2, 0) is 0 Å². The number of halogens is 4. The van der Waals surface area contributed by atoms with E-state index in [0.717, 1.165) is 0 Å². The molecule has 0 saturated heterocycles. The molecule has 10 heavy (non-hydrogen) atoms. The van der Waals surface area contributed by atoms with Crippen LogP contribution in [0.25, 0.3) is 0 Å². The van der Waals surface area contributed by atoms with Gasteiger partial charge in [-0.25, -0.2) is 0 Å². The van der Waals surface area contributed by atoms with Gasteiger partial charge in [0.05, 0.1) is 0 Å². The van der Waals surface area contributed by atoms with Gasteiger partial charge in [0, 0.05) is 0 Å². The first-order valence-electron chi connectivity index (χ1n) is 3.10. The highest BCUT2D eigenvalue weighted by molar-refractivity contribution is 6.42. The molecule has 0 spiro atoms. The Balaban J connectivity index is 0. The third kappa shape index (κ3) is 24.9. The van der Waals surface area contributed by atoms with Crippen molar-refractivity contribution in [3.8, 4) is 0 Å². The van der Waals surface area contributed by atoms with Crippen molar-refractivity contribution in [2.24, 2.45) is 0 Å². The van der Waals surface area contributed by atoms with Crippen molar-refractivity contribution in [3.63, 3.8) is 0 Å². The second-order valence-electron chi connectivity index (χ2n) is 1.60. The van der Waals surface area contributed by atoms with Crippen molar-refractivity contribution in [1.82, 2.24) is 0 Å². The number of rotatable bonds is 2. The molecule has 0 bridgehead atoms. The van der Waals surface area contributed by atoms with Gasteiger partial charge < -0.3 is 0 Å². The van der Waals surface area contributed by atoms with Gasteiger partial charge in [0.2, 0.25) is 0 Å². The van der Waals surface area contributed by atoms with Crippen molar-refractivity contribution in [2.45, 2.75) is 26.5 Å². The molecular weight excluding hydrogens is 146 g/mol. The van der Waals surface area contributed by atoms with Gasteiger partial charge in [0.1, 0.15) is 0 Å². The SMILES string of the molecule is CCB(F)F.CCB(F)F. The number of hydrogen-bond donors (Lipinski definition) is 0. The van der Waals surface area contributed by atoms with Crippen LogP contribution in [0.15, 0.2) is 0 Å². The normalized spacial score (nSPS) is 7.80. The highest BCUT2D eigenvalue weighted by atomic mass is 19.2. The fourth-order valence-electron chi connectivity index (χ4n) is 0. The van der Waals surface area contributed by atoms with E-state index in [1.165, 1.54) is 13.8 Å². The van der Waals surface area contributed by atoms with Crippen LogP contribution in [0, 0.1) is 0 Å². The molecule has 0 amide bonds. The fraction of sp³-hybridized carbons (Fsp3) is 1.00. The molecule has 0 aromatic carbocycles. The summed E-state index contributed by atoms with van der Waals surface area (Å²) in [5.74, 6) is 0. The molecule has 0 aromatic rings. The molecule has 0 atom stereocenters. The van der Waals surface area contributed by atoms with E-state index in [0.29, 0.717) is 0 Å². The van der Waals surface area contributed by atoms with Crippen molar-refractivity contribution in [3.05, 3.63) is 0 Å². The van der Waals surface area contributed by atoms with E-state index in [2.05, 4.69) is 0 Å². The molecule has 0 radical (unpaired) electrons. The molecular formula is C4H10B2F4. The van der Waals surface area contributed by atoms with Gasteiger partial charge in [-0.05, 0) is 12.6 Å². The van der Waals surface area contributed by atoms with E-state index in [4.69, 9.17) is 0 Å². The fourth-order valence-corrected chi connectivity index (χ4v) is 0. The summed E-state index contributed by atoms with van der Waals surface area (Å²) in [5.41, 5.74) is 0. The van der Waals surface area contributed by atoms with Gasteiger partial charge in [-0.1, -0.05) is 13.8 Å². The maximum Gasteiger partial charge on any atom is 0.537 e. The van der Waals surface area contributed by atoms with Crippen LogP contribution < -0.4 is 0 Å². The summed E-state index contributed by atoms with van der Waals surface area (Å²) in [6.45, 7) is 2.90.